The first-order valence-corrected chi connectivity index (χ1v) is 16.4. The van der Waals surface area contributed by atoms with Gasteiger partial charge >= 0.3 is 47.5 Å². The van der Waals surface area contributed by atoms with Gasteiger partial charge < -0.3 is 52.1 Å². The van der Waals surface area contributed by atoms with Crippen molar-refractivity contribution in [3.8, 4) is 5.75 Å². The third kappa shape index (κ3) is 12.3. The Morgan fingerprint density at radius 1 is 0.554 bits per heavy atom. The minimum absolute atomic E-state index is 0.579. The summed E-state index contributed by atoms with van der Waals surface area (Å²) in [5, 5.41) is 23.2. The molecule has 10 atom stereocenters. The number of rotatable bonds is 15. The molecule has 2 saturated heterocycles. The number of benzene rings is 1. The molecule has 1 aromatic carbocycles. The molecule has 2 fully saturated rings. The summed E-state index contributed by atoms with van der Waals surface area (Å²) in [5.41, 5.74) is -1.62. The van der Waals surface area contributed by atoms with Crippen LogP contribution in [0.25, 0.3) is 0 Å². The van der Waals surface area contributed by atoms with E-state index in [1.165, 1.54) is 0 Å². The molecule has 1 aromatic rings. The average Bonchev–Trinajstić information content (AvgIpc) is 3.07. The van der Waals surface area contributed by atoms with Gasteiger partial charge in [-0.1, -0.05) is 0 Å². The van der Waals surface area contributed by atoms with Gasteiger partial charge in [0.05, 0.1) is 15.9 Å². The van der Waals surface area contributed by atoms with Crippen LogP contribution < -0.4 is 4.74 Å². The molecule has 0 aromatic heterocycles. The van der Waals surface area contributed by atoms with Crippen LogP contribution in [-0.4, -0.2) is 126 Å². The summed E-state index contributed by atoms with van der Waals surface area (Å²) in [6.07, 6.45) is -17.9. The van der Waals surface area contributed by atoms with Gasteiger partial charge in [0.1, 0.15) is 31.5 Å². The number of hydrogen-bond acceptors (Lipinski definition) is 22. The van der Waals surface area contributed by atoms with Crippen molar-refractivity contribution < 1.29 is 95.5 Å². The lowest BCUT2D eigenvalue weighted by molar-refractivity contribution is -0.395. The van der Waals surface area contributed by atoms with Gasteiger partial charge in [0.2, 0.25) is 18.1 Å². The largest absolute Gasteiger partial charge is 0.463 e. The van der Waals surface area contributed by atoms with E-state index < -0.39 is 143 Å². The number of hydrogen-bond donors (Lipinski definition) is 0. The van der Waals surface area contributed by atoms with Crippen LogP contribution in [0.15, 0.2) is 18.2 Å². The molecular formula is C32H38N2O22. The third-order valence-corrected chi connectivity index (χ3v) is 7.48. The highest BCUT2D eigenvalue weighted by Crippen LogP contribution is 2.38. The molecule has 24 nitrogen and oxygen atoms in total. The van der Waals surface area contributed by atoms with Crippen LogP contribution in [0.5, 0.6) is 5.75 Å². The van der Waals surface area contributed by atoms with Crippen LogP contribution in [0.3, 0.4) is 0 Å². The van der Waals surface area contributed by atoms with Gasteiger partial charge in [-0.3, -0.25) is 53.8 Å². The van der Waals surface area contributed by atoms with Crippen molar-refractivity contribution in [2.75, 3.05) is 13.2 Å². The lowest BCUT2D eigenvalue weighted by atomic mass is 9.96. The zero-order valence-corrected chi connectivity index (χ0v) is 30.8. The summed E-state index contributed by atoms with van der Waals surface area (Å²) in [6.45, 7) is 5.42. The Labute approximate surface area is 316 Å². The smallest absolute Gasteiger partial charge is 0.317 e. The van der Waals surface area contributed by atoms with E-state index in [0.717, 1.165) is 60.6 Å². The average molecular weight is 803 g/mol. The molecule has 3 rings (SSSR count). The van der Waals surface area contributed by atoms with Crippen LogP contribution >= 0.6 is 0 Å². The second kappa shape index (κ2) is 19.5. The molecule has 0 radical (unpaired) electrons. The van der Waals surface area contributed by atoms with E-state index in [0.29, 0.717) is 6.07 Å². The van der Waals surface area contributed by atoms with Crippen molar-refractivity contribution in [3.05, 3.63) is 38.4 Å². The summed E-state index contributed by atoms with van der Waals surface area (Å²) < 4.78 is 61.3. The van der Waals surface area contributed by atoms with Gasteiger partial charge in [0.25, 0.3) is 5.69 Å². The van der Waals surface area contributed by atoms with Crippen molar-refractivity contribution in [3.63, 3.8) is 0 Å². The summed E-state index contributed by atoms with van der Waals surface area (Å²) in [4.78, 5) is 107. The maximum atomic E-state index is 12.6. The molecule has 0 spiro atoms. The number of esters is 7. The fourth-order valence-corrected chi connectivity index (χ4v) is 5.55. The normalized spacial score (nSPS) is 27.0. The maximum absolute atomic E-state index is 12.6. The van der Waals surface area contributed by atoms with Crippen LogP contribution in [0.4, 0.5) is 11.4 Å². The molecule has 2 aliphatic rings. The van der Waals surface area contributed by atoms with Gasteiger partial charge in [0, 0.05) is 54.5 Å². The molecule has 0 N–H and O–H groups in total. The minimum Gasteiger partial charge on any atom is -0.463 e. The van der Waals surface area contributed by atoms with Crippen LogP contribution in [0.1, 0.15) is 48.5 Å². The molecule has 24 heteroatoms. The second-order valence-corrected chi connectivity index (χ2v) is 11.9. The van der Waals surface area contributed by atoms with Gasteiger partial charge in [-0.15, -0.1) is 0 Å². The zero-order chi connectivity index (χ0) is 42.0. The van der Waals surface area contributed by atoms with Gasteiger partial charge in [-0.05, 0) is 6.07 Å². The zero-order valence-electron chi connectivity index (χ0n) is 30.8. The summed E-state index contributed by atoms with van der Waals surface area (Å²) >= 11 is 0. The van der Waals surface area contributed by atoms with E-state index in [4.69, 9.17) is 52.1 Å². The number of ether oxygens (including phenoxy) is 11. The molecular weight excluding hydrogens is 764 g/mol. The first-order chi connectivity index (χ1) is 26.2. The second-order valence-electron chi connectivity index (χ2n) is 11.9. The molecule has 0 saturated carbocycles. The molecule has 308 valence electrons. The van der Waals surface area contributed by atoms with E-state index in [-0.39, 0.29) is 0 Å². The highest BCUT2D eigenvalue weighted by atomic mass is 16.8. The fraction of sp³-hybridized carbons (Fsp3) is 0.594. The highest BCUT2D eigenvalue weighted by Gasteiger charge is 2.58. The first-order valence-electron chi connectivity index (χ1n) is 16.4. The number of carbonyl (C=O) groups is 7. The van der Waals surface area contributed by atoms with Crippen molar-refractivity contribution in [1.82, 2.24) is 0 Å². The lowest BCUT2D eigenvalue weighted by Gasteiger charge is -2.48. The monoisotopic (exact) mass is 802 g/mol. The van der Waals surface area contributed by atoms with E-state index in [9.17, 15) is 53.8 Å². The SMILES string of the molecule is CC(=O)OC[C@H]1O[C@H](O[C@H]2[C@H](OC(C)=O)[C@@H](OC(C)=O)[C@H](Oc3ccc([N+](=O)[O-])cc3[N+](=O)[O-])O[C@@H]2COC(C)=O)[C@H](OC(C)=O)[C@@H](OC(C)=O)[C@@H]1OC(C)=O. The molecule has 2 aliphatic heterocycles. The van der Waals surface area contributed by atoms with E-state index in [1.54, 1.807) is 0 Å². The van der Waals surface area contributed by atoms with E-state index >= 15 is 0 Å². The number of nitro benzene ring substituents is 2. The summed E-state index contributed by atoms with van der Waals surface area (Å²) in [6, 6.07) is 2.30. The lowest BCUT2D eigenvalue weighted by Crippen LogP contribution is -2.67. The Hall–Kier alpha value is -6.01. The fourth-order valence-electron chi connectivity index (χ4n) is 5.55. The van der Waals surface area contributed by atoms with Gasteiger partial charge in [-0.2, -0.15) is 0 Å². The Bertz CT molecular complexity index is 1700. The van der Waals surface area contributed by atoms with Crippen LogP contribution in [0, 0.1) is 20.2 Å². The van der Waals surface area contributed by atoms with Crippen molar-refractivity contribution in [2.24, 2.45) is 0 Å². The molecule has 0 unspecified atom stereocenters. The molecule has 56 heavy (non-hydrogen) atoms. The molecule has 0 amide bonds. The third-order valence-electron chi connectivity index (χ3n) is 7.48. The van der Waals surface area contributed by atoms with E-state index in [1.807, 2.05) is 0 Å². The number of nitrogens with zero attached hydrogens (tertiary/aromatic N) is 2. The number of non-ortho nitro benzene ring substituents is 1. The quantitative estimate of drug-likeness (QED) is 0.101. The number of nitro groups is 2. The van der Waals surface area contributed by atoms with Crippen molar-refractivity contribution >= 4 is 53.2 Å². The Morgan fingerprint density at radius 3 is 1.41 bits per heavy atom. The maximum Gasteiger partial charge on any atom is 0.317 e. The Morgan fingerprint density at radius 2 is 0.964 bits per heavy atom. The Kier molecular flexibility index (Phi) is 15.5. The van der Waals surface area contributed by atoms with Crippen molar-refractivity contribution in [1.29, 1.82) is 0 Å². The summed E-state index contributed by atoms with van der Waals surface area (Å²) in [7, 11) is 0. The topological polar surface area (TPSA) is 307 Å². The molecule has 0 bridgehead atoms. The predicted octanol–water partition coefficient (Wildman–Crippen LogP) is 0.502. The van der Waals surface area contributed by atoms with Crippen LogP contribution in [0.2, 0.25) is 0 Å². The van der Waals surface area contributed by atoms with Crippen molar-refractivity contribution in [2.45, 2.75) is 110 Å². The minimum atomic E-state index is -1.97. The van der Waals surface area contributed by atoms with Gasteiger partial charge in [-0.25, -0.2) is 0 Å². The highest BCUT2D eigenvalue weighted by molar-refractivity contribution is 5.69. The molecule has 2 heterocycles. The first kappa shape index (κ1) is 44.4. The van der Waals surface area contributed by atoms with E-state index in [2.05, 4.69) is 0 Å². The van der Waals surface area contributed by atoms with Crippen LogP contribution in [-0.2, 0) is 80.9 Å². The number of carbonyl (C=O) groups excluding carboxylic acids is 7. The Balaban J connectivity index is 2.22. The standard InChI is InChI=1S/C32H38N2O22/c1-13(35)46-11-23-25(48-15(3)37)27(49-16(4)38)30(52-19(7)41)32(55-23)56-26-24(12-47-14(2)36)54-31(29(51-18(6)40)28(26)50-17(5)39)53-22-9-8-20(33(42)43)10-21(22)34(44)45/h8-10,23-32H,11-12H2,1-7H3/t23-,24-,25-,26-,27+,28+,29-,30-,31-,32-/m1/s1. The predicted molar refractivity (Wildman–Crippen MR) is 174 cm³/mol. The summed E-state index contributed by atoms with van der Waals surface area (Å²) in [5.74, 6) is -7.35. The molecule has 0 aliphatic carbocycles. The van der Waals surface area contributed by atoms with Gasteiger partial charge in [0.15, 0.2) is 30.7 Å².